The Kier molecular flexibility index (Phi) is 4.32. The van der Waals surface area contributed by atoms with Gasteiger partial charge in [0.05, 0.1) is 12.2 Å². The minimum Gasteiger partial charge on any atom is -0.490 e. The van der Waals surface area contributed by atoms with E-state index in [2.05, 4.69) is 5.32 Å². The molecular weight excluding hydrogens is 264 g/mol. The van der Waals surface area contributed by atoms with Crippen LogP contribution in [0.5, 0.6) is 5.75 Å². The Morgan fingerprint density at radius 2 is 2.14 bits per heavy atom. The van der Waals surface area contributed by atoms with Gasteiger partial charge in [-0.15, -0.1) is 0 Å². The van der Waals surface area contributed by atoms with E-state index in [1.807, 2.05) is 24.3 Å². The molecule has 0 radical (unpaired) electrons. The van der Waals surface area contributed by atoms with Crippen LogP contribution in [0.1, 0.15) is 32.1 Å². The van der Waals surface area contributed by atoms with Crippen molar-refractivity contribution >= 4 is 11.6 Å². The van der Waals surface area contributed by atoms with Crippen molar-refractivity contribution in [2.45, 2.75) is 32.1 Å². The number of carbonyl (C=O) groups is 1. The summed E-state index contributed by atoms with van der Waals surface area (Å²) in [5.41, 5.74) is 6.42. The quantitative estimate of drug-likeness (QED) is 0.624. The molecule has 0 saturated heterocycles. The smallest absolute Gasteiger partial charge is 0.220 e. The molecule has 3 atom stereocenters. The highest BCUT2D eigenvalue weighted by molar-refractivity contribution is 5.76. The Balaban J connectivity index is 1.34. The van der Waals surface area contributed by atoms with E-state index in [4.69, 9.17) is 10.5 Å². The molecule has 1 amide bonds. The van der Waals surface area contributed by atoms with Gasteiger partial charge >= 0.3 is 0 Å². The van der Waals surface area contributed by atoms with Gasteiger partial charge < -0.3 is 15.8 Å². The van der Waals surface area contributed by atoms with Crippen molar-refractivity contribution in [1.82, 2.24) is 5.32 Å². The number of amides is 1. The van der Waals surface area contributed by atoms with E-state index in [0.717, 1.165) is 11.8 Å². The van der Waals surface area contributed by atoms with Gasteiger partial charge in [-0.1, -0.05) is 18.6 Å². The lowest BCUT2D eigenvalue weighted by molar-refractivity contribution is -0.122. The van der Waals surface area contributed by atoms with E-state index in [1.165, 1.54) is 25.7 Å². The fraction of sp³-hybridized carbons (Fsp3) is 0.588. The zero-order valence-electron chi connectivity index (χ0n) is 12.4. The van der Waals surface area contributed by atoms with Crippen LogP contribution in [0.15, 0.2) is 24.3 Å². The largest absolute Gasteiger partial charge is 0.490 e. The molecule has 2 saturated carbocycles. The summed E-state index contributed by atoms with van der Waals surface area (Å²) in [7, 11) is 0. The maximum atomic E-state index is 12.0. The van der Waals surface area contributed by atoms with E-state index in [9.17, 15) is 4.79 Å². The van der Waals surface area contributed by atoms with Crippen molar-refractivity contribution in [3.63, 3.8) is 0 Å². The van der Waals surface area contributed by atoms with E-state index in [0.29, 0.717) is 36.9 Å². The fourth-order valence-electron chi connectivity index (χ4n) is 3.90. The normalized spacial score (nSPS) is 26.8. The Labute approximate surface area is 126 Å². The summed E-state index contributed by atoms with van der Waals surface area (Å²) in [6.07, 6.45) is 6.02. The number of rotatable bonds is 6. The van der Waals surface area contributed by atoms with Gasteiger partial charge in [0.25, 0.3) is 0 Å². The van der Waals surface area contributed by atoms with Crippen LogP contribution in [0, 0.1) is 17.8 Å². The van der Waals surface area contributed by atoms with E-state index >= 15 is 0 Å². The minimum absolute atomic E-state index is 0.164. The molecule has 0 spiro atoms. The summed E-state index contributed by atoms with van der Waals surface area (Å²) in [5.74, 6) is 3.17. The van der Waals surface area contributed by atoms with Gasteiger partial charge in [0.2, 0.25) is 5.91 Å². The number of nitrogen functional groups attached to an aromatic ring is 1. The van der Waals surface area contributed by atoms with Crippen LogP contribution >= 0.6 is 0 Å². The number of hydrogen-bond acceptors (Lipinski definition) is 3. The lowest BCUT2D eigenvalue weighted by Crippen LogP contribution is -2.30. The molecule has 2 aliphatic rings. The second kappa shape index (κ2) is 6.37. The minimum atomic E-state index is 0.164. The van der Waals surface area contributed by atoms with Gasteiger partial charge in [-0.3, -0.25) is 4.79 Å². The Hall–Kier alpha value is -1.71. The zero-order chi connectivity index (χ0) is 14.7. The predicted octanol–water partition coefficient (Wildman–Crippen LogP) is 2.59. The molecule has 4 nitrogen and oxygen atoms in total. The molecule has 3 unspecified atom stereocenters. The van der Waals surface area contributed by atoms with Crippen LogP contribution in [0.4, 0.5) is 5.69 Å². The molecule has 0 aliphatic heterocycles. The highest BCUT2D eigenvalue weighted by Crippen LogP contribution is 2.49. The third-order valence-corrected chi connectivity index (χ3v) is 4.93. The third-order valence-electron chi connectivity index (χ3n) is 4.93. The Morgan fingerprint density at radius 1 is 1.29 bits per heavy atom. The number of benzene rings is 1. The van der Waals surface area contributed by atoms with Crippen molar-refractivity contribution in [3.8, 4) is 5.75 Å². The summed E-state index contributed by atoms with van der Waals surface area (Å²) < 4.78 is 5.57. The standard InChI is InChI=1S/C17H24N2O2/c18-15-3-1-2-4-16(15)21-8-7-19-17(20)11-14-10-12-5-6-13(14)9-12/h1-4,12-14H,5-11,18H2,(H,19,20). The number of anilines is 1. The molecule has 2 fully saturated rings. The number of nitrogens with two attached hydrogens (primary N) is 1. The number of fused-ring (bicyclic) bond motifs is 2. The Bertz CT molecular complexity index is 503. The van der Waals surface area contributed by atoms with Gasteiger partial charge in [-0.25, -0.2) is 0 Å². The van der Waals surface area contributed by atoms with Crippen molar-refractivity contribution in [2.24, 2.45) is 17.8 Å². The third kappa shape index (κ3) is 3.49. The Morgan fingerprint density at radius 3 is 2.86 bits per heavy atom. The summed E-state index contributed by atoms with van der Waals surface area (Å²) in [6, 6.07) is 7.41. The average Bonchev–Trinajstić information content (AvgIpc) is 3.08. The number of hydrogen-bond donors (Lipinski definition) is 2. The lowest BCUT2D eigenvalue weighted by atomic mass is 9.86. The highest BCUT2D eigenvalue weighted by Gasteiger charge is 2.39. The first kappa shape index (κ1) is 14.2. The fourth-order valence-corrected chi connectivity index (χ4v) is 3.90. The zero-order valence-corrected chi connectivity index (χ0v) is 12.4. The summed E-state index contributed by atoms with van der Waals surface area (Å²) in [4.78, 5) is 12.0. The number of ether oxygens (including phenoxy) is 1. The molecule has 1 aromatic rings. The van der Waals surface area contributed by atoms with Crippen molar-refractivity contribution < 1.29 is 9.53 Å². The van der Waals surface area contributed by atoms with Crippen molar-refractivity contribution in [3.05, 3.63) is 24.3 Å². The van der Waals surface area contributed by atoms with Crippen LogP contribution in [-0.2, 0) is 4.79 Å². The molecule has 0 heterocycles. The first-order chi connectivity index (χ1) is 10.2. The molecule has 3 N–H and O–H groups in total. The highest BCUT2D eigenvalue weighted by atomic mass is 16.5. The lowest BCUT2D eigenvalue weighted by Gasteiger charge is -2.20. The van der Waals surface area contributed by atoms with E-state index < -0.39 is 0 Å². The number of carbonyl (C=O) groups excluding carboxylic acids is 1. The molecule has 3 rings (SSSR count). The summed E-state index contributed by atoms with van der Waals surface area (Å²) >= 11 is 0. The monoisotopic (exact) mass is 288 g/mol. The first-order valence-electron chi connectivity index (χ1n) is 7.96. The van der Waals surface area contributed by atoms with E-state index in [-0.39, 0.29) is 5.91 Å². The first-order valence-corrected chi connectivity index (χ1v) is 7.96. The van der Waals surface area contributed by atoms with Crippen LogP contribution in [0.2, 0.25) is 0 Å². The molecule has 114 valence electrons. The van der Waals surface area contributed by atoms with Gasteiger partial charge in [0.1, 0.15) is 12.4 Å². The van der Waals surface area contributed by atoms with Crippen LogP contribution < -0.4 is 15.8 Å². The van der Waals surface area contributed by atoms with Crippen LogP contribution in [-0.4, -0.2) is 19.1 Å². The topological polar surface area (TPSA) is 64.3 Å². The SMILES string of the molecule is Nc1ccccc1OCCNC(=O)CC1CC2CCC1C2. The van der Waals surface area contributed by atoms with Crippen LogP contribution in [0.25, 0.3) is 0 Å². The van der Waals surface area contributed by atoms with Gasteiger partial charge in [0.15, 0.2) is 0 Å². The summed E-state index contributed by atoms with van der Waals surface area (Å²) in [5, 5.41) is 2.95. The second-order valence-electron chi connectivity index (χ2n) is 6.38. The average molecular weight is 288 g/mol. The van der Waals surface area contributed by atoms with Crippen molar-refractivity contribution in [2.75, 3.05) is 18.9 Å². The maximum absolute atomic E-state index is 12.0. The molecule has 2 bridgehead atoms. The van der Waals surface area contributed by atoms with Gasteiger partial charge in [-0.05, 0) is 49.1 Å². The van der Waals surface area contributed by atoms with Gasteiger partial charge in [-0.2, -0.15) is 0 Å². The summed E-state index contributed by atoms with van der Waals surface area (Å²) in [6.45, 7) is 0.991. The van der Waals surface area contributed by atoms with E-state index in [1.54, 1.807) is 0 Å². The molecule has 21 heavy (non-hydrogen) atoms. The maximum Gasteiger partial charge on any atom is 0.220 e. The van der Waals surface area contributed by atoms with Crippen LogP contribution in [0.3, 0.4) is 0 Å². The molecule has 4 heteroatoms. The molecule has 1 aromatic carbocycles. The van der Waals surface area contributed by atoms with Crippen molar-refractivity contribution in [1.29, 1.82) is 0 Å². The molecule has 2 aliphatic carbocycles. The molecule has 0 aromatic heterocycles. The predicted molar refractivity (Wildman–Crippen MR) is 82.9 cm³/mol. The number of nitrogens with one attached hydrogen (secondary N) is 1. The number of para-hydroxylation sites is 2. The van der Waals surface area contributed by atoms with Gasteiger partial charge in [0, 0.05) is 6.42 Å². The second-order valence-corrected chi connectivity index (χ2v) is 6.38. The molecular formula is C17H24N2O2.